The Morgan fingerprint density at radius 2 is 2.09 bits per heavy atom. The summed E-state index contributed by atoms with van der Waals surface area (Å²) >= 11 is 0. The lowest BCUT2D eigenvalue weighted by Gasteiger charge is -2.37. The number of methoxy groups -OCH3 is 1. The molecule has 1 aliphatic rings. The Balaban J connectivity index is 0.00000264. The van der Waals surface area contributed by atoms with Crippen LogP contribution in [0.5, 0.6) is 0 Å². The molecule has 5 nitrogen and oxygen atoms in total. The van der Waals surface area contributed by atoms with Crippen LogP contribution in [0.3, 0.4) is 0 Å². The minimum Gasteiger partial charge on any atom is -0.380 e. The molecule has 2 rings (SSSR count). The first-order chi connectivity index (χ1) is 10.5. The summed E-state index contributed by atoms with van der Waals surface area (Å²) in [6.45, 7) is 3.23. The number of carbonyl (C=O) groups is 1. The predicted octanol–water partition coefficient (Wildman–Crippen LogP) is 1.90. The molecule has 0 saturated carbocycles. The maximum absolute atomic E-state index is 13.0. The van der Waals surface area contributed by atoms with Crippen LogP contribution in [0.4, 0.5) is 4.39 Å². The van der Waals surface area contributed by atoms with Crippen molar-refractivity contribution in [3.63, 3.8) is 0 Å². The van der Waals surface area contributed by atoms with Crippen LogP contribution in [0.1, 0.15) is 25.0 Å². The van der Waals surface area contributed by atoms with E-state index in [0.29, 0.717) is 19.6 Å². The molecule has 3 unspecified atom stereocenters. The van der Waals surface area contributed by atoms with E-state index < -0.39 is 0 Å². The van der Waals surface area contributed by atoms with Crippen molar-refractivity contribution in [2.75, 3.05) is 26.7 Å². The van der Waals surface area contributed by atoms with Gasteiger partial charge >= 0.3 is 0 Å². The van der Waals surface area contributed by atoms with Crippen molar-refractivity contribution in [2.45, 2.75) is 31.7 Å². The smallest absolute Gasteiger partial charge is 0.225 e. The minimum absolute atomic E-state index is 0. The molecule has 1 amide bonds. The van der Waals surface area contributed by atoms with E-state index in [0.717, 1.165) is 5.56 Å². The maximum atomic E-state index is 13.0. The van der Waals surface area contributed by atoms with Gasteiger partial charge in [0.2, 0.25) is 5.91 Å². The summed E-state index contributed by atoms with van der Waals surface area (Å²) in [6, 6.07) is 6.19. The van der Waals surface area contributed by atoms with E-state index in [4.69, 9.17) is 15.2 Å². The fraction of sp³-hybridized carbons (Fsp3) is 0.562. The molecule has 1 aromatic rings. The largest absolute Gasteiger partial charge is 0.380 e. The van der Waals surface area contributed by atoms with Crippen LogP contribution in [0.15, 0.2) is 24.3 Å². The van der Waals surface area contributed by atoms with Gasteiger partial charge in [-0.15, -0.1) is 12.4 Å². The van der Waals surface area contributed by atoms with Gasteiger partial charge in [-0.25, -0.2) is 4.39 Å². The third kappa shape index (κ3) is 5.42. The highest BCUT2D eigenvalue weighted by Crippen LogP contribution is 2.26. The van der Waals surface area contributed by atoms with Gasteiger partial charge in [0.05, 0.1) is 25.2 Å². The van der Waals surface area contributed by atoms with Crippen LogP contribution in [0, 0.1) is 5.82 Å². The Morgan fingerprint density at radius 3 is 2.65 bits per heavy atom. The van der Waals surface area contributed by atoms with Crippen molar-refractivity contribution < 1.29 is 18.7 Å². The van der Waals surface area contributed by atoms with Crippen LogP contribution in [-0.4, -0.2) is 49.8 Å². The lowest BCUT2D eigenvalue weighted by Crippen LogP contribution is -2.47. The summed E-state index contributed by atoms with van der Waals surface area (Å²) in [5.74, 6) is -0.286. The zero-order valence-corrected chi connectivity index (χ0v) is 14.2. The summed E-state index contributed by atoms with van der Waals surface area (Å²) in [4.78, 5) is 14.1. The second-order valence-corrected chi connectivity index (χ2v) is 5.58. The number of hydrogen-bond donors (Lipinski definition) is 1. The third-order valence-corrected chi connectivity index (χ3v) is 3.85. The minimum atomic E-state index is -0.286. The molecule has 0 spiro atoms. The summed E-state index contributed by atoms with van der Waals surface area (Å²) in [7, 11) is 1.55. The molecule has 1 aromatic carbocycles. The highest BCUT2D eigenvalue weighted by Gasteiger charge is 2.30. The van der Waals surface area contributed by atoms with Crippen LogP contribution in [0.25, 0.3) is 0 Å². The van der Waals surface area contributed by atoms with Crippen LogP contribution in [-0.2, 0) is 14.3 Å². The van der Waals surface area contributed by atoms with E-state index in [-0.39, 0.29) is 48.9 Å². The number of nitrogens with two attached hydrogens (primary N) is 1. The molecular formula is C16H24ClFN2O3. The van der Waals surface area contributed by atoms with Crippen LogP contribution >= 0.6 is 12.4 Å². The van der Waals surface area contributed by atoms with Gasteiger partial charge in [0.15, 0.2) is 0 Å². The van der Waals surface area contributed by atoms with Gasteiger partial charge < -0.3 is 20.1 Å². The number of halogens is 2. The molecule has 1 aliphatic heterocycles. The molecular weight excluding hydrogens is 323 g/mol. The van der Waals surface area contributed by atoms with Crippen molar-refractivity contribution in [3.05, 3.63) is 35.6 Å². The second-order valence-electron chi connectivity index (χ2n) is 5.58. The Morgan fingerprint density at radius 1 is 1.43 bits per heavy atom. The first-order valence-electron chi connectivity index (χ1n) is 7.45. The van der Waals surface area contributed by atoms with Gasteiger partial charge in [-0.05, 0) is 24.6 Å². The van der Waals surface area contributed by atoms with Gasteiger partial charge in [0.1, 0.15) is 11.9 Å². The maximum Gasteiger partial charge on any atom is 0.225 e. The van der Waals surface area contributed by atoms with E-state index in [2.05, 4.69) is 0 Å². The normalized spacial score (nSPS) is 22.3. The van der Waals surface area contributed by atoms with E-state index in [1.54, 1.807) is 24.1 Å². The molecule has 0 radical (unpaired) electrons. The third-order valence-electron chi connectivity index (χ3n) is 3.85. The van der Waals surface area contributed by atoms with Gasteiger partial charge in [-0.1, -0.05) is 12.1 Å². The number of amides is 1. The highest BCUT2D eigenvalue weighted by atomic mass is 35.5. The predicted molar refractivity (Wildman–Crippen MR) is 88.0 cm³/mol. The first-order valence-corrected chi connectivity index (χ1v) is 7.45. The zero-order chi connectivity index (χ0) is 16.1. The van der Waals surface area contributed by atoms with Crippen LogP contribution in [0.2, 0.25) is 0 Å². The molecule has 130 valence electrons. The topological polar surface area (TPSA) is 64.8 Å². The highest BCUT2D eigenvalue weighted by molar-refractivity contribution is 5.85. The number of rotatable bonds is 5. The Bertz CT molecular complexity index is 497. The summed E-state index contributed by atoms with van der Waals surface area (Å²) < 4.78 is 24.1. The van der Waals surface area contributed by atoms with E-state index in [1.165, 1.54) is 12.1 Å². The van der Waals surface area contributed by atoms with Gasteiger partial charge in [-0.2, -0.15) is 0 Å². The van der Waals surface area contributed by atoms with E-state index >= 15 is 0 Å². The number of carbonyl (C=O) groups excluding carboxylic acids is 1. The summed E-state index contributed by atoms with van der Waals surface area (Å²) in [5, 5.41) is 0. The van der Waals surface area contributed by atoms with Crippen molar-refractivity contribution in [3.8, 4) is 0 Å². The quantitative estimate of drug-likeness (QED) is 0.884. The fourth-order valence-electron chi connectivity index (χ4n) is 2.60. The van der Waals surface area contributed by atoms with Crippen molar-refractivity contribution in [2.24, 2.45) is 5.73 Å². The molecule has 3 atom stereocenters. The van der Waals surface area contributed by atoms with E-state index in [1.807, 2.05) is 6.92 Å². The second kappa shape index (κ2) is 9.17. The lowest BCUT2D eigenvalue weighted by atomic mass is 10.1. The summed E-state index contributed by atoms with van der Waals surface area (Å²) in [5.41, 5.74) is 6.43. The molecule has 1 saturated heterocycles. The molecule has 2 N–H and O–H groups in total. The average molecular weight is 347 g/mol. The lowest BCUT2D eigenvalue weighted by molar-refractivity contribution is -0.147. The standard InChI is InChI=1S/C16H23FN2O3.ClH/c1-11-9-19(16(20)7-14(8-18)21-2)10-15(22-11)12-3-5-13(17)6-4-12;/h3-6,11,14-15H,7-10,18H2,1-2H3;1H. The number of benzene rings is 1. The average Bonchev–Trinajstić information content (AvgIpc) is 2.52. The monoisotopic (exact) mass is 346 g/mol. The fourth-order valence-corrected chi connectivity index (χ4v) is 2.60. The Labute approximate surface area is 142 Å². The first kappa shape index (κ1) is 19.8. The van der Waals surface area contributed by atoms with Gasteiger partial charge in [0, 0.05) is 20.2 Å². The number of nitrogens with zero attached hydrogens (tertiary/aromatic N) is 1. The molecule has 1 fully saturated rings. The molecule has 0 bridgehead atoms. The van der Waals surface area contributed by atoms with Crippen molar-refractivity contribution in [1.82, 2.24) is 4.90 Å². The number of hydrogen-bond acceptors (Lipinski definition) is 4. The number of ether oxygens (including phenoxy) is 2. The summed E-state index contributed by atoms with van der Waals surface area (Å²) in [6.07, 6.45) is -0.329. The van der Waals surface area contributed by atoms with Crippen molar-refractivity contribution in [1.29, 1.82) is 0 Å². The van der Waals surface area contributed by atoms with E-state index in [9.17, 15) is 9.18 Å². The Hall–Kier alpha value is -1.21. The zero-order valence-electron chi connectivity index (χ0n) is 13.4. The van der Waals surface area contributed by atoms with Gasteiger partial charge in [0.25, 0.3) is 0 Å². The van der Waals surface area contributed by atoms with Crippen molar-refractivity contribution >= 4 is 18.3 Å². The molecule has 1 heterocycles. The van der Waals surface area contributed by atoms with Gasteiger partial charge in [-0.3, -0.25) is 4.79 Å². The SMILES string of the molecule is COC(CN)CC(=O)N1CC(C)OC(c2ccc(F)cc2)C1.Cl. The molecule has 7 heteroatoms. The Kier molecular flexibility index (Phi) is 7.91. The molecule has 0 aromatic heterocycles. The molecule has 23 heavy (non-hydrogen) atoms. The molecule has 0 aliphatic carbocycles. The number of morpholine rings is 1. The van der Waals surface area contributed by atoms with Crippen LogP contribution < -0.4 is 5.73 Å².